The van der Waals surface area contributed by atoms with Gasteiger partial charge >= 0.3 is 0 Å². The van der Waals surface area contributed by atoms with Crippen molar-refractivity contribution in [3.63, 3.8) is 0 Å². The molecule has 1 fully saturated rings. The average Bonchev–Trinajstić information content (AvgIpc) is 3.11. The SMILES string of the molecule is O=C(CC1CCNC1)Nc1ccccc1-n1cnnn1. The fourth-order valence-corrected chi connectivity index (χ4v) is 2.40. The first-order chi connectivity index (χ1) is 9.83. The van der Waals surface area contributed by atoms with E-state index in [1.54, 1.807) is 0 Å². The molecule has 0 radical (unpaired) electrons. The number of rotatable bonds is 4. The van der Waals surface area contributed by atoms with Crippen LogP contribution >= 0.6 is 0 Å². The number of tetrazole rings is 1. The number of hydrogen-bond acceptors (Lipinski definition) is 5. The van der Waals surface area contributed by atoms with Crippen LogP contribution in [-0.2, 0) is 4.79 Å². The van der Waals surface area contributed by atoms with Crippen molar-refractivity contribution in [3.8, 4) is 5.69 Å². The van der Waals surface area contributed by atoms with Gasteiger partial charge in [-0.25, -0.2) is 0 Å². The van der Waals surface area contributed by atoms with E-state index in [-0.39, 0.29) is 5.91 Å². The van der Waals surface area contributed by atoms with Crippen LogP contribution in [0.15, 0.2) is 30.6 Å². The Hall–Kier alpha value is -2.28. The molecule has 2 N–H and O–H groups in total. The second kappa shape index (κ2) is 5.79. The summed E-state index contributed by atoms with van der Waals surface area (Å²) in [5, 5.41) is 17.3. The Bertz CT molecular complexity index is 576. The van der Waals surface area contributed by atoms with Gasteiger partial charge in [0.25, 0.3) is 0 Å². The Labute approximate surface area is 116 Å². The Morgan fingerprint density at radius 3 is 3.10 bits per heavy atom. The standard InChI is InChI=1S/C13H16N6O/c20-13(7-10-5-6-14-8-10)16-11-3-1-2-4-12(11)19-9-15-17-18-19/h1-4,9-10,14H,5-8H2,(H,16,20). The largest absolute Gasteiger partial charge is 0.324 e. The van der Waals surface area contributed by atoms with Crippen LogP contribution in [0.5, 0.6) is 0 Å². The minimum Gasteiger partial charge on any atom is -0.324 e. The van der Waals surface area contributed by atoms with Gasteiger partial charge in [0.2, 0.25) is 5.91 Å². The predicted octanol–water partition coefficient (Wildman–Crippen LogP) is 0.600. The zero-order valence-electron chi connectivity index (χ0n) is 11.0. The lowest BCUT2D eigenvalue weighted by atomic mass is 10.0. The molecule has 7 heteroatoms. The van der Waals surface area contributed by atoms with Gasteiger partial charge in [-0.1, -0.05) is 12.1 Å². The Kier molecular flexibility index (Phi) is 3.69. The molecule has 0 saturated carbocycles. The van der Waals surface area contributed by atoms with Gasteiger partial charge in [0, 0.05) is 6.42 Å². The molecular weight excluding hydrogens is 256 g/mol. The maximum Gasteiger partial charge on any atom is 0.224 e. The maximum absolute atomic E-state index is 12.1. The summed E-state index contributed by atoms with van der Waals surface area (Å²) in [6.07, 6.45) is 3.10. The molecular formula is C13H16N6O. The molecule has 2 aromatic rings. The summed E-state index contributed by atoms with van der Waals surface area (Å²) in [6, 6.07) is 7.47. The lowest BCUT2D eigenvalue weighted by Crippen LogP contribution is -2.19. The highest BCUT2D eigenvalue weighted by molar-refractivity contribution is 5.92. The summed E-state index contributed by atoms with van der Waals surface area (Å²) >= 11 is 0. The molecule has 3 rings (SSSR count). The molecule has 20 heavy (non-hydrogen) atoms. The van der Waals surface area contributed by atoms with Crippen LogP contribution in [0.25, 0.3) is 5.69 Å². The second-order valence-corrected chi connectivity index (χ2v) is 4.88. The third-order valence-electron chi connectivity index (χ3n) is 3.41. The minimum atomic E-state index is 0.0271. The highest BCUT2D eigenvalue weighted by Gasteiger charge is 2.18. The van der Waals surface area contributed by atoms with Crippen molar-refractivity contribution in [2.45, 2.75) is 12.8 Å². The molecule has 1 unspecified atom stereocenters. The van der Waals surface area contributed by atoms with Gasteiger partial charge in [0.1, 0.15) is 6.33 Å². The van der Waals surface area contributed by atoms with Gasteiger partial charge in [0.15, 0.2) is 0 Å². The van der Waals surface area contributed by atoms with Crippen LogP contribution < -0.4 is 10.6 Å². The number of carbonyl (C=O) groups excluding carboxylic acids is 1. The lowest BCUT2D eigenvalue weighted by molar-refractivity contribution is -0.116. The smallest absolute Gasteiger partial charge is 0.224 e. The van der Waals surface area contributed by atoms with Gasteiger partial charge in [-0.05, 0) is 48.0 Å². The maximum atomic E-state index is 12.1. The first-order valence-electron chi connectivity index (χ1n) is 6.66. The summed E-state index contributed by atoms with van der Waals surface area (Å²) in [5.41, 5.74) is 1.48. The van der Waals surface area contributed by atoms with E-state index >= 15 is 0 Å². The Morgan fingerprint density at radius 2 is 2.35 bits per heavy atom. The van der Waals surface area contributed by atoms with E-state index in [0.717, 1.165) is 30.9 Å². The summed E-state index contributed by atoms with van der Waals surface area (Å²) in [5.74, 6) is 0.453. The van der Waals surface area contributed by atoms with Crippen molar-refractivity contribution < 1.29 is 4.79 Å². The topological polar surface area (TPSA) is 84.7 Å². The molecule has 1 aromatic carbocycles. The summed E-state index contributed by atoms with van der Waals surface area (Å²) < 4.78 is 1.53. The highest BCUT2D eigenvalue weighted by atomic mass is 16.1. The third-order valence-corrected chi connectivity index (χ3v) is 3.41. The number of nitrogens with zero attached hydrogens (tertiary/aromatic N) is 4. The number of anilines is 1. The quantitative estimate of drug-likeness (QED) is 0.851. The van der Waals surface area contributed by atoms with E-state index in [9.17, 15) is 4.79 Å². The van der Waals surface area contributed by atoms with E-state index < -0.39 is 0 Å². The van der Waals surface area contributed by atoms with Crippen LogP contribution in [0, 0.1) is 5.92 Å². The number of hydrogen-bond donors (Lipinski definition) is 2. The van der Waals surface area contributed by atoms with Crippen LogP contribution in [0.3, 0.4) is 0 Å². The Morgan fingerprint density at radius 1 is 1.45 bits per heavy atom. The average molecular weight is 272 g/mol. The molecule has 1 amide bonds. The third kappa shape index (κ3) is 2.83. The first-order valence-corrected chi connectivity index (χ1v) is 6.66. The van der Waals surface area contributed by atoms with Crippen LogP contribution in [0.2, 0.25) is 0 Å². The van der Waals surface area contributed by atoms with Gasteiger partial charge in [-0.15, -0.1) is 5.10 Å². The molecule has 0 aliphatic carbocycles. The predicted molar refractivity (Wildman–Crippen MR) is 73.4 cm³/mol. The van der Waals surface area contributed by atoms with Crippen molar-refractivity contribution in [2.75, 3.05) is 18.4 Å². The highest BCUT2D eigenvalue weighted by Crippen LogP contribution is 2.20. The van der Waals surface area contributed by atoms with Crippen molar-refractivity contribution in [1.82, 2.24) is 25.5 Å². The molecule has 1 aliphatic rings. The number of aromatic nitrogens is 4. The number of amides is 1. The van der Waals surface area contributed by atoms with Crippen LogP contribution in [0.4, 0.5) is 5.69 Å². The number of para-hydroxylation sites is 2. The number of benzene rings is 1. The van der Waals surface area contributed by atoms with Crippen molar-refractivity contribution in [3.05, 3.63) is 30.6 Å². The van der Waals surface area contributed by atoms with Crippen molar-refractivity contribution in [2.24, 2.45) is 5.92 Å². The number of carbonyl (C=O) groups is 1. The first kappa shape index (κ1) is 12.7. The summed E-state index contributed by atoms with van der Waals surface area (Å²) in [4.78, 5) is 12.1. The normalized spacial score (nSPS) is 18.1. The van der Waals surface area contributed by atoms with E-state index in [1.165, 1.54) is 11.0 Å². The second-order valence-electron chi connectivity index (χ2n) is 4.88. The van der Waals surface area contributed by atoms with E-state index in [2.05, 4.69) is 26.2 Å². The van der Waals surface area contributed by atoms with Crippen LogP contribution in [-0.4, -0.2) is 39.2 Å². The summed E-state index contributed by atoms with van der Waals surface area (Å²) in [6.45, 7) is 1.92. The zero-order valence-corrected chi connectivity index (χ0v) is 11.0. The molecule has 1 aliphatic heterocycles. The van der Waals surface area contributed by atoms with Crippen molar-refractivity contribution in [1.29, 1.82) is 0 Å². The van der Waals surface area contributed by atoms with Gasteiger partial charge in [-0.2, -0.15) is 4.68 Å². The van der Waals surface area contributed by atoms with Gasteiger partial charge < -0.3 is 10.6 Å². The molecule has 1 atom stereocenters. The Balaban J connectivity index is 1.72. The monoisotopic (exact) mass is 272 g/mol. The molecule has 0 spiro atoms. The molecule has 7 nitrogen and oxygen atoms in total. The van der Waals surface area contributed by atoms with E-state index in [4.69, 9.17) is 0 Å². The molecule has 0 bridgehead atoms. The fraction of sp³-hybridized carbons (Fsp3) is 0.385. The number of nitrogens with one attached hydrogen (secondary N) is 2. The molecule has 1 saturated heterocycles. The lowest BCUT2D eigenvalue weighted by Gasteiger charge is -2.12. The minimum absolute atomic E-state index is 0.0271. The molecule has 1 aromatic heterocycles. The molecule has 104 valence electrons. The van der Waals surface area contributed by atoms with E-state index in [0.29, 0.717) is 12.3 Å². The molecule has 2 heterocycles. The van der Waals surface area contributed by atoms with Crippen molar-refractivity contribution >= 4 is 11.6 Å². The van der Waals surface area contributed by atoms with Gasteiger partial charge in [-0.3, -0.25) is 4.79 Å². The zero-order chi connectivity index (χ0) is 13.8. The van der Waals surface area contributed by atoms with Crippen LogP contribution in [0.1, 0.15) is 12.8 Å². The summed E-state index contributed by atoms with van der Waals surface area (Å²) in [7, 11) is 0. The fourth-order valence-electron chi connectivity index (χ4n) is 2.40. The van der Waals surface area contributed by atoms with E-state index in [1.807, 2.05) is 24.3 Å². The van der Waals surface area contributed by atoms with Gasteiger partial charge in [0.05, 0.1) is 11.4 Å².